The highest BCUT2D eigenvalue weighted by Gasteiger charge is 2.35. The lowest BCUT2D eigenvalue weighted by molar-refractivity contribution is -0.0237. The maximum absolute atomic E-state index is 13.2. The number of aromatic amines is 1. The van der Waals surface area contributed by atoms with Gasteiger partial charge in [-0.05, 0) is 62.1 Å². The first-order valence-electron chi connectivity index (χ1n) is 11.9. The monoisotopic (exact) mass is 469 g/mol. The lowest BCUT2D eigenvalue weighted by Crippen LogP contribution is -2.47. The van der Waals surface area contributed by atoms with Gasteiger partial charge < -0.3 is 10.4 Å². The quantitative estimate of drug-likeness (QED) is 0.365. The third-order valence-electron chi connectivity index (χ3n) is 6.89. The largest absolute Gasteiger partial charge is 0.388 e. The van der Waals surface area contributed by atoms with Crippen molar-refractivity contribution in [2.24, 2.45) is 7.05 Å². The molecule has 35 heavy (non-hydrogen) atoms. The van der Waals surface area contributed by atoms with Crippen molar-refractivity contribution in [3.8, 4) is 11.3 Å². The van der Waals surface area contributed by atoms with Crippen molar-refractivity contribution in [3.05, 3.63) is 66.6 Å². The van der Waals surface area contributed by atoms with E-state index < -0.39 is 5.60 Å². The fourth-order valence-corrected chi connectivity index (χ4v) is 5.24. The Kier molecular flexibility index (Phi) is 5.14. The number of amides is 1. The molecule has 1 amide bonds. The summed E-state index contributed by atoms with van der Waals surface area (Å²) in [5, 5.41) is 32.4. The maximum Gasteiger partial charge on any atom is 0.251 e. The number of aliphatic hydroxyl groups is 1. The first kappa shape index (κ1) is 21.5. The molecule has 0 aliphatic heterocycles. The smallest absolute Gasteiger partial charge is 0.251 e. The molecule has 9 nitrogen and oxygen atoms in total. The molecule has 178 valence electrons. The minimum absolute atomic E-state index is 0.0932. The van der Waals surface area contributed by atoms with Crippen molar-refractivity contribution in [1.29, 1.82) is 0 Å². The van der Waals surface area contributed by atoms with E-state index >= 15 is 0 Å². The van der Waals surface area contributed by atoms with Crippen LogP contribution in [0.5, 0.6) is 0 Å². The molecule has 0 unspecified atom stereocenters. The molecule has 2 atom stereocenters. The van der Waals surface area contributed by atoms with Crippen molar-refractivity contribution in [3.63, 3.8) is 0 Å². The molecule has 3 N–H and O–H groups in total. The average molecular weight is 470 g/mol. The fourth-order valence-electron chi connectivity index (χ4n) is 5.24. The van der Waals surface area contributed by atoms with Crippen LogP contribution in [0.25, 0.3) is 33.1 Å². The van der Waals surface area contributed by atoms with E-state index in [-0.39, 0.29) is 11.9 Å². The second-order valence-corrected chi connectivity index (χ2v) is 9.60. The average Bonchev–Trinajstić information content (AvgIpc) is 3.57. The number of benzene rings is 2. The fraction of sp³-hybridized carbons (Fsp3) is 0.308. The lowest BCUT2D eigenvalue weighted by Gasteiger charge is -2.37. The summed E-state index contributed by atoms with van der Waals surface area (Å²) in [6.07, 6.45) is 8.43. The van der Waals surface area contributed by atoms with Crippen molar-refractivity contribution in [2.75, 3.05) is 0 Å². The van der Waals surface area contributed by atoms with Gasteiger partial charge in [0.25, 0.3) is 5.91 Å². The number of fused-ring (bicyclic) bond motifs is 2. The SMILES string of the molecule is Cn1cc2cc(-c3n[nH]c4ccc(C(=O)N[C@@H]5CCC[C@@](O)(Cn6cccn6)C5)cc34)ccc2n1. The molecule has 0 spiro atoms. The number of hydrogen-bond donors (Lipinski definition) is 3. The Morgan fingerprint density at radius 1 is 1.29 bits per heavy atom. The van der Waals surface area contributed by atoms with Gasteiger partial charge in [0, 0.05) is 53.6 Å². The zero-order valence-electron chi connectivity index (χ0n) is 19.5. The minimum atomic E-state index is -0.880. The molecule has 0 saturated heterocycles. The Hall–Kier alpha value is -3.98. The van der Waals surface area contributed by atoms with Crippen LogP contribution in [0.4, 0.5) is 0 Å². The third-order valence-corrected chi connectivity index (χ3v) is 6.89. The number of aryl methyl sites for hydroxylation is 1. The predicted molar refractivity (Wildman–Crippen MR) is 133 cm³/mol. The van der Waals surface area contributed by atoms with Crippen molar-refractivity contribution < 1.29 is 9.90 Å². The van der Waals surface area contributed by atoms with Crippen LogP contribution in [-0.2, 0) is 13.6 Å². The van der Waals surface area contributed by atoms with Crippen molar-refractivity contribution in [2.45, 2.75) is 43.9 Å². The van der Waals surface area contributed by atoms with E-state index in [0.717, 1.165) is 45.9 Å². The van der Waals surface area contributed by atoms with E-state index in [9.17, 15) is 9.90 Å². The summed E-state index contributed by atoms with van der Waals surface area (Å²) in [5.41, 5.74) is 3.25. The highest BCUT2D eigenvalue weighted by molar-refractivity contribution is 6.02. The van der Waals surface area contributed by atoms with Gasteiger partial charge in [-0.2, -0.15) is 15.3 Å². The number of aromatic nitrogens is 6. The van der Waals surface area contributed by atoms with E-state index in [4.69, 9.17) is 0 Å². The molecule has 0 bridgehead atoms. The van der Waals surface area contributed by atoms with Gasteiger partial charge in [-0.1, -0.05) is 6.07 Å². The summed E-state index contributed by atoms with van der Waals surface area (Å²) >= 11 is 0. The zero-order valence-corrected chi connectivity index (χ0v) is 19.5. The molecular weight excluding hydrogens is 442 g/mol. The molecule has 6 rings (SSSR count). The van der Waals surface area contributed by atoms with Crippen molar-refractivity contribution in [1.82, 2.24) is 35.1 Å². The summed E-state index contributed by atoms with van der Waals surface area (Å²) in [6, 6.07) is 13.4. The molecule has 3 heterocycles. The number of nitrogens with zero attached hydrogens (tertiary/aromatic N) is 5. The van der Waals surface area contributed by atoms with Crippen LogP contribution in [0.2, 0.25) is 0 Å². The van der Waals surface area contributed by atoms with Gasteiger partial charge >= 0.3 is 0 Å². The molecule has 0 radical (unpaired) electrons. The normalized spacial score (nSPS) is 20.5. The molecule has 1 aliphatic carbocycles. The Morgan fingerprint density at radius 2 is 2.20 bits per heavy atom. The number of carbonyl (C=O) groups is 1. The molecular formula is C26H27N7O2. The summed E-state index contributed by atoms with van der Waals surface area (Å²) in [6.45, 7) is 0.429. The Labute approximate surface area is 201 Å². The first-order chi connectivity index (χ1) is 17.0. The minimum Gasteiger partial charge on any atom is -0.388 e. The Balaban J connectivity index is 1.23. The van der Waals surface area contributed by atoms with E-state index in [1.165, 1.54) is 0 Å². The molecule has 1 fully saturated rings. The second kappa shape index (κ2) is 8.35. The maximum atomic E-state index is 13.2. The van der Waals surface area contributed by atoms with E-state index in [2.05, 4.69) is 31.8 Å². The lowest BCUT2D eigenvalue weighted by atomic mass is 9.81. The number of hydrogen-bond acceptors (Lipinski definition) is 5. The molecule has 1 aliphatic rings. The van der Waals surface area contributed by atoms with Crippen LogP contribution in [0, 0.1) is 0 Å². The standard InChI is InChI=1S/C26H27N7O2/c1-32-15-19-12-17(5-7-22(19)31-32)24-21-13-18(6-8-23(21)29-30-24)25(34)28-20-4-2-9-26(35,14-20)16-33-11-3-10-27-33/h3,5-8,10-13,15,20,35H,2,4,9,14,16H2,1H3,(H,28,34)(H,29,30)/t20-,26+/m1/s1. The number of carbonyl (C=O) groups excluding carboxylic acids is 1. The molecule has 3 aromatic heterocycles. The highest BCUT2D eigenvalue weighted by atomic mass is 16.3. The van der Waals surface area contributed by atoms with Crippen LogP contribution < -0.4 is 5.32 Å². The summed E-state index contributed by atoms with van der Waals surface area (Å²) < 4.78 is 3.54. The third kappa shape index (κ3) is 4.19. The van der Waals surface area contributed by atoms with Gasteiger partial charge in [0.15, 0.2) is 0 Å². The molecule has 2 aromatic carbocycles. The van der Waals surface area contributed by atoms with Gasteiger partial charge in [0.05, 0.1) is 28.9 Å². The van der Waals surface area contributed by atoms with Gasteiger partial charge in [0.2, 0.25) is 0 Å². The van der Waals surface area contributed by atoms with Gasteiger partial charge in [0.1, 0.15) is 0 Å². The topological polar surface area (TPSA) is 114 Å². The van der Waals surface area contributed by atoms with Crippen LogP contribution in [0.1, 0.15) is 36.0 Å². The van der Waals surface area contributed by atoms with Gasteiger partial charge in [-0.25, -0.2) is 0 Å². The van der Waals surface area contributed by atoms with Crippen molar-refractivity contribution >= 4 is 27.7 Å². The van der Waals surface area contributed by atoms with Gasteiger partial charge in [-0.15, -0.1) is 0 Å². The summed E-state index contributed by atoms with van der Waals surface area (Å²) in [5.74, 6) is -0.143. The van der Waals surface area contributed by atoms with Gasteiger partial charge in [-0.3, -0.25) is 19.3 Å². The van der Waals surface area contributed by atoms with Crippen LogP contribution in [0.15, 0.2) is 61.1 Å². The second-order valence-electron chi connectivity index (χ2n) is 9.60. The van der Waals surface area contributed by atoms with E-state index in [1.807, 2.05) is 55.8 Å². The zero-order chi connectivity index (χ0) is 24.0. The molecule has 5 aromatic rings. The number of rotatable bonds is 5. The molecule has 1 saturated carbocycles. The van der Waals surface area contributed by atoms with E-state index in [1.54, 1.807) is 15.6 Å². The van der Waals surface area contributed by atoms with Crippen LogP contribution in [0.3, 0.4) is 0 Å². The van der Waals surface area contributed by atoms with Crippen LogP contribution in [-0.4, -0.2) is 52.4 Å². The van der Waals surface area contributed by atoms with Crippen LogP contribution >= 0.6 is 0 Å². The Bertz CT molecular complexity index is 1520. The summed E-state index contributed by atoms with van der Waals surface area (Å²) in [7, 11) is 1.90. The number of nitrogens with one attached hydrogen (secondary N) is 2. The van der Waals surface area contributed by atoms with E-state index in [0.29, 0.717) is 24.9 Å². The predicted octanol–water partition coefficient (Wildman–Crippen LogP) is 3.42. The first-order valence-corrected chi connectivity index (χ1v) is 11.9. The Morgan fingerprint density at radius 3 is 3.06 bits per heavy atom. The summed E-state index contributed by atoms with van der Waals surface area (Å²) in [4.78, 5) is 13.2. The molecule has 9 heteroatoms. The highest BCUT2D eigenvalue weighted by Crippen LogP contribution is 2.31. The number of H-pyrrole nitrogens is 1.